The Hall–Kier alpha value is -2.02. The average Bonchev–Trinajstić information content (AvgIpc) is 2.97. The molecule has 26 heavy (non-hydrogen) atoms. The maximum Gasteiger partial charge on any atom is 0.350 e. The van der Waals surface area contributed by atoms with Crippen LogP contribution in [0.5, 0.6) is 0 Å². The van der Waals surface area contributed by atoms with Gasteiger partial charge in [0.1, 0.15) is 5.82 Å². The summed E-state index contributed by atoms with van der Waals surface area (Å²) in [5.74, 6) is 2.95. The van der Waals surface area contributed by atoms with Gasteiger partial charge in [0.15, 0.2) is 0 Å². The number of thioether (sulfide) groups is 1. The zero-order valence-corrected chi connectivity index (χ0v) is 16.2. The summed E-state index contributed by atoms with van der Waals surface area (Å²) in [4.78, 5) is 27.0. The molecular formula is C19H26N4O2S. The molecule has 1 aromatic carbocycles. The molecule has 3 rings (SSSR count). The van der Waals surface area contributed by atoms with Crippen LogP contribution in [0.3, 0.4) is 0 Å². The first-order valence-electron chi connectivity index (χ1n) is 9.18. The fraction of sp³-hybridized carbons (Fsp3) is 0.526. The van der Waals surface area contributed by atoms with Crippen LogP contribution < -0.4 is 5.69 Å². The van der Waals surface area contributed by atoms with Crippen molar-refractivity contribution in [1.82, 2.24) is 19.2 Å². The molecule has 1 aromatic heterocycles. The van der Waals surface area contributed by atoms with Gasteiger partial charge in [0.05, 0.1) is 5.69 Å². The van der Waals surface area contributed by atoms with Crippen LogP contribution in [0, 0.1) is 0 Å². The van der Waals surface area contributed by atoms with E-state index in [0.29, 0.717) is 13.0 Å². The van der Waals surface area contributed by atoms with E-state index in [9.17, 15) is 9.59 Å². The van der Waals surface area contributed by atoms with Gasteiger partial charge in [0, 0.05) is 38.2 Å². The Balaban J connectivity index is 1.82. The van der Waals surface area contributed by atoms with Crippen LogP contribution in [0.2, 0.25) is 0 Å². The van der Waals surface area contributed by atoms with Crippen LogP contribution in [-0.2, 0) is 11.8 Å². The second kappa shape index (κ2) is 8.58. The number of carbonyl (C=O) groups excluding carboxylic acids is 1. The van der Waals surface area contributed by atoms with Crippen molar-refractivity contribution in [3.05, 3.63) is 46.6 Å². The van der Waals surface area contributed by atoms with E-state index in [0.717, 1.165) is 42.4 Å². The van der Waals surface area contributed by atoms with Crippen molar-refractivity contribution < 1.29 is 4.79 Å². The molecular weight excluding hydrogens is 348 g/mol. The predicted molar refractivity (Wildman–Crippen MR) is 105 cm³/mol. The number of amides is 1. The zero-order valence-electron chi connectivity index (χ0n) is 15.4. The normalized spacial score (nSPS) is 17.5. The molecule has 0 bridgehead atoms. The summed E-state index contributed by atoms with van der Waals surface area (Å²) in [5.41, 5.74) is 0.678. The van der Waals surface area contributed by atoms with Gasteiger partial charge < -0.3 is 4.90 Å². The summed E-state index contributed by atoms with van der Waals surface area (Å²) in [6.45, 7) is 3.55. The van der Waals surface area contributed by atoms with E-state index < -0.39 is 0 Å². The first kappa shape index (κ1) is 18.8. The molecule has 7 heteroatoms. The lowest BCUT2D eigenvalue weighted by atomic mass is 9.96. The fourth-order valence-corrected chi connectivity index (χ4v) is 4.05. The number of hydrogen-bond donors (Lipinski definition) is 0. The third-order valence-corrected chi connectivity index (χ3v) is 5.67. The van der Waals surface area contributed by atoms with Gasteiger partial charge in [0.2, 0.25) is 5.91 Å². The number of rotatable bonds is 6. The predicted octanol–water partition coefficient (Wildman–Crippen LogP) is 2.42. The maximum absolute atomic E-state index is 12.6. The third kappa shape index (κ3) is 4.03. The Morgan fingerprint density at radius 3 is 2.81 bits per heavy atom. The smallest absolute Gasteiger partial charge is 0.342 e. The van der Waals surface area contributed by atoms with Crippen molar-refractivity contribution in [3.63, 3.8) is 0 Å². The highest BCUT2D eigenvalue weighted by Crippen LogP contribution is 2.27. The average molecular weight is 375 g/mol. The highest BCUT2D eigenvalue weighted by atomic mass is 32.2. The first-order chi connectivity index (χ1) is 12.6. The second-order valence-corrected chi connectivity index (χ2v) is 7.96. The molecule has 0 spiro atoms. The van der Waals surface area contributed by atoms with Gasteiger partial charge >= 0.3 is 5.69 Å². The van der Waals surface area contributed by atoms with Crippen molar-refractivity contribution in [3.8, 4) is 5.69 Å². The van der Waals surface area contributed by atoms with Gasteiger partial charge in [-0.05, 0) is 30.7 Å². The van der Waals surface area contributed by atoms with Crippen LogP contribution in [0.4, 0.5) is 0 Å². The van der Waals surface area contributed by atoms with Crippen LogP contribution in [-0.4, -0.2) is 49.7 Å². The van der Waals surface area contributed by atoms with E-state index in [1.807, 2.05) is 35.2 Å². The zero-order chi connectivity index (χ0) is 18.5. The lowest BCUT2D eigenvalue weighted by Gasteiger charge is -2.32. The number of nitrogens with zero attached hydrogens (tertiary/aromatic N) is 4. The monoisotopic (exact) mass is 374 g/mol. The Morgan fingerprint density at radius 2 is 2.08 bits per heavy atom. The molecule has 1 atom stereocenters. The number of aryl methyl sites for hydroxylation is 1. The number of carbonyl (C=O) groups is 1. The Bertz CT molecular complexity index is 800. The Kier molecular flexibility index (Phi) is 6.19. The van der Waals surface area contributed by atoms with Crippen LogP contribution in [0.15, 0.2) is 35.1 Å². The summed E-state index contributed by atoms with van der Waals surface area (Å²) < 4.78 is 3.08. The number of para-hydroxylation sites is 1. The summed E-state index contributed by atoms with van der Waals surface area (Å²) in [6, 6.07) is 9.60. The SMILES string of the molecule is CCSCCC(=O)N1CCC[C@@H](c2nn(C)c(=O)n2-c2ccccc2)C1. The van der Waals surface area contributed by atoms with Crippen molar-refractivity contribution in [2.75, 3.05) is 24.6 Å². The van der Waals surface area contributed by atoms with Crippen molar-refractivity contribution in [1.29, 1.82) is 0 Å². The van der Waals surface area contributed by atoms with E-state index in [1.54, 1.807) is 23.4 Å². The number of benzene rings is 1. The molecule has 1 saturated heterocycles. The van der Waals surface area contributed by atoms with Crippen molar-refractivity contribution >= 4 is 17.7 Å². The molecule has 0 unspecified atom stereocenters. The summed E-state index contributed by atoms with van der Waals surface area (Å²) in [6.07, 6.45) is 2.46. The first-order valence-corrected chi connectivity index (χ1v) is 10.3. The minimum absolute atomic E-state index is 0.0839. The molecule has 0 radical (unpaired) electrons. The van der Waals surface area contributed by atoms with E-state index in [2.05, 4.69) is 12.0 Å². The molecule has 1 aliphatic heterocycles. The molecule has 1 amide bonds. The summed E-state index contributed by atoms with van der Waals surface area (Å²) >= 11 is 1.79. The van der Waals surface area contributed by atoms with E-state index >= 15 is 0 Å². The standard InChI is InChI=1S/C19H26N4O2S/c1-3-26-13-11-17(24)22-12-7-8-15(14-22)18-20-21(2)19(25)23(18)16-9-5-4-6-10-16/h4-6,9-10,15H,3,7-8,11-14H2,1-2H3/t15-/m1/s1. The molecule has 1 aliphatic rings. The van der Waals surface area contributed by atoms with E-state index in [-0.39, 0.29) is 17.5 Å². The van der Waals surface area contributed by atoms with Crippen LogP contribution >= 0.6 is 11.8 Å². The molecule has 2 aromatic rings. The molecule has 0 N–H and O–H groups in total. The van der Waals surface area contributed by atoms with Gasteiger partial charge in [-0.3, -0.25) is 4.79 Å². The number of hydrogen-bond acceptors (Lipinski definition) is 4. The summed E-state index contributed by atoms with van der Waals surface area (Å²) in [5, 5.41) is 4.50. The minimum atomic E-state index is -0.144. The number of aromatic nitrogens is 3. The summed E-state index contributed by atoms with van der Waals surface area (Å²) in [7, 11) is 1.68. The third-order valence-electron chi connectivity index (χ3n) is 4.77. The molecule has 0 saturated carbocycles. The van der Waals surface area contributed by atoms with Gasteiger partial charge in [-0.15, -0.1) is 0 Å². The lowest BCUT2D eigenvalue weighted by Crippen LogP contribution is -2.40. The fourth-order valence-electron chi connectivity index (χ4n) is 3.44. The quantitative estimate of drug-likeness (QED) is 0.729. The molecule has 2 heterocycles. The highest BCUT2D eigenvalue weighted by molar-refractivity contribution is 7.99. The van der Waals surface area contributed by atoms with Gasteiger partial charge in [-0.1, -0.05) is 25.1 Å². The number of likely N-dealkylation sites (tertiary alicyclic amines) is 1. The van der Waals surface area contributed by atoms with Crippen LogP contribution in [0.1, 0.15) is 37.9 Å². The molecule has 6 nitrogen and oxygen atoms in total. The van der Waals surface area contributed by atoms with Crippen molar-refractivity contribution in [2.24, 2.45) is 7.05 Å². The van der Waals surface area contributed by atoms with Crippen molar-refractivity contribution in [2.45, 2.75) is 32.1 Å². The van der Waals surface area contributed by atoms with Gasteiger partial charge in [-0.25, -0.2) is 14.0 Å². The molecule has 1 fully saturated rings. The van der Waals surface area contributed by atoms with Crippen LogP contribution in [0.25, 0.3) is 5.69 Å². The largest absolute Gasteiger partial charge is 0.350 e. The lowest BCUT2D eigenvalue weighted by molar-refractivity contribution is -0.132. The number of piperidine rings is 1. The minimum Gasteiger partial charge on any atom is -0.342 e. The van der Waals surface area contributed by atoms with Gasteiger partial charge in [-0.2, -0.15) is 16.9 Å². The van der Waals surface area contributed by atoms with E-state index in [1.165, 1.54) is 4.68 Å². The Labute approximate surface area is 158 Å². The Morgan fingerprint density at radius 1 is 1.31 bits per heavy atom. The molecule has 0 aliphatic carbocycles. The second-order valence-electron chi connectivity index (χ2n) is 6.56. The highest BCUT2D eigenvalue weighted by Gasteiger charge is 2.29. The molecule has 140 valence electrons. The van der Waals surface area contributed by atoms with Gasteiger partial charge in [0.25, 0.3) is 0 Å². The maximum atomic E-state index is 12.6. The topological polar surface area (TPSA) is 60.1 Å². The van der Waals surface area contributed by atoms with E-state index in [4.69, 9.17) is 0 Å².